The molecule has 7 nitrogen and oxygen atoms in total. The molecule has 2 atom stereocenters. The zero-order valence-electron chi connectivity index (χ0n) is 16.6. The molecule has 2 aromatic heterocycles. The SMILES string of the molecule is OC1CCCC(n2ccc3cnc(Nc4ccc(N5CCNCC5)cc4)nc32)C1. The van der Waals surface area contributed by atoms with Gasteiger partial charge in [0.15, 0.2) is 0 Å². The number of hydrogen-bond acceptors (Lipinski definition) is 6. The largest absolute Gasteiger partial charge is 0.393 e. The molecule has 29 heavy (non-hydrogen) atoms. The summed E-state index contributed by atoms with van der Waals surface area (Å²) in [6.45, 7) is 4.15. The van der Waals surface area contributed by atoms with E-state index in [0.717, 1.165) is 68.6 Å². The van der Waals surface area contributed by atoms with Gasteiger partial charge in [0.05, 0.1) is 6.10 Å². The lowest BCUT2D eigenvalue weighted by Crippen LogP contribution is -2.43. The van der Waals surface area contributed by atoms with Crippen LogP contribution >= 0.6 is 0 Å². The van der Waals surface area contributed by atoms with Crippen molar-refractivity contribution in [3.05, 3.63) is 42.7 Å². The molecule has 0 bridgehead atoms. The van der Waals surface area contributed by atoms with Crippen molar-refractivity contribution < 1.29 is 5.11 Å². The Kier molecular flexibility index (Phi) is 5.08. The Balaban J connectivity index is 1.34. The van der Waals surface area contributed by atoms with Gasteiger partial charge in [0.25, 0.3) is 0 Å². The lowest BCUT2D eigenvalue weighted by Gasteiger charge is -2.29. The third-order valence-electron chi connectivity index (χ3n) is 6.07. The van der Waals surface area contributed by atoms with Crippen LogP contribution in [0.1, 0.15) is 31.7 Å². The van der Waals surface area contributed by atoms with E-state index in [1.54, 1.807) is 0 Å². The van der Waals surface area contributed by atoms with Gasteiger partial charge in [-0.2, -0.15) is 4.98 Å². The van der Waals surface area contributed by atoms with Gasteiger partial charge in [0, 0.05) is 61.4 Å². The molecule has 0 radical (unpaired) electrons. The maximum absolute atomic E-state index is 10.1. The fraction of sp³-hybridized carbons (Fsp3) is 0.455. The van der Waals surface area contributed by atoms with E-state index in [1.165, 1.54) is 5.69 Å². The second kappa shape index (κ2) is 8.00. The fourth-order valence-electron chi connectivity index (χ4n) is 4.49. The Morgan fingerprint density at radius 2 is 1.90 bits per heavy atom. The van der Waals surface area contributed by atoms with Gasteiger partial charge < -0.3 is 25.2 Å². The number of nitrogens with one attached hydrogen (secondary N) is 2. The highest BCUT2D eigenvalue weighted by Crippen LogP contribution is 2.31. The first-order valence-corrected chi connectivity index (χ1v) is 10.6. The standard InChI is InChI=1S/C22H28N6O/c29-20-3-1-2-19(14-20)28-11-8-16-15-24-22(26-21(16)28)25-17-4-6-18(7-5-17)27-12-9-23-10-13-27/h4-8,11,15,19-20,23,29H,1-3,9-10,12-14H2,(H,24,25,26). The molecule has 1 saturated carbocycles. The second-order valence-electron chi connectivity index (χ2n) is 8.08. The third-order valence-corrected chi connectivity index (χ3v) is 6.07. The van der Waals surface area contributed by atoms with Gasteiger partial charge in [0.2, 0.25) is 5.95 Å². The molecule has 3 aromatic rings. The van der Waals surface area contributed by atoms with Gasteiger partial charge in [-0.05, 0) is 56.0 Å². The van der Waals surface area contributed by atoms with Crippen LogP contribution in [0.15, 0.2) is 42.7 Å². The van der Waals surface area contributed by atoms with Crippen molar-refractivity contribution in [1.82, 2.24) is 19.9 Å². The first kappa shape index (κ1) is 18.4. The van der Waals surface area contributed by atoms with Crippen LogP contribution in [-0.4, -0.2) is 51.9 Å². The van der Waals surface area contributed by atoms with Crippen LogP contribution in [0.5, 0.6) is 0 Å². The van der Waals surface area contributed by atoms with Crippen molar-refractivity contribution in [3.8, 4) is 0 Å². The number of benzene rings is 1. The molecule has 3 heterocycles. The fourth-order valence-corrected chi connectivity index (χ4v) is 4.49. The molecule has 1 aliphatic carbocycles. The van der Waals surface area contributed by atoms with Crippen LogP contribution in [0.25, 0.3) is 11.0 Å². The highest BCUT2D eigenvalue weighted by atomic mass is 16.3. The molecule has 0 amide bonds. The van der Waals surface area contributed by atoms with E-state index in [1.807, 2.05) is 6.20 Å². The molecule has 5 rings (SSSR count). The van der Waals surface area contributed by atoms with Gasteiger partial charge >= 0.3 is 0 Å². The van der Waals surface area contributed by atoms with E-state index in [4.69, 9.17) is 4.98 Å². The van der Waals surface area contributed by atoms with Crippen LogP contribution in [0.3, 0.4) is 0 Å². The predicted molar refractivity (Wildman–Crippen MR) is 116 cm³/mol. The zero-order valence-corrected chi connectivity index (χ0v) is 16.6. The first-order chi connectivity index (χ1) is 14.3. The number of fused-ring (bicyclic) bond motifs is 1. The van der Waals surface area contributed by atoms with Crippen molar-refractivity contribution >= 4 is 28.4 Å². The normalized spacial score (nSPS) is 22.7. The maximum Gasteiger partial charge on any atom is 0.229 e. The number of nitrogens with zero attached hydrogens (tertiary/aromatic N) is 4. The minimum absolute atomic E-state index is 0.208. The van der Waals surface area contributed by atoms with E-state index in [2.05, 4.69) is 61.6 Å². The quantitative estimate of drug-likeness (QED) is 0.633. The molecule has 2 aliphatic rings. The lowest BCUT2D eigenvalue weighted by atomic mass is 9.93. The summed E-state index contributed by atoms with van der Waals surface area (Å²) in [7, 11) is 0. The monoisotopic (exact) mass is 392 g/mol. The van der Waals surface area contributed by atoms with Crippen molar-refractivity contribution in [1.29, 1.82) is 0 Å². The molecule has 1 aliphatic heterocycles. The summed E-state index contributed by atoms with van der Waals surface area (Å²) in [5.41, 5.74) is 3.16. The molecule has 1 saturated heterocycles. The molecule has 2 unspecified atom stereocenters. The van der Waals surface area contributed by atoms with Crippen molar-refractivity contribution in [2.75, 3.05) is 36.4 Å². The Morgan fingerprint density at radius 3 is 2.69 bits per heavy atom. The Bertz CT molecular complexity index is 963. The van der Waals surface area contributed by atoms with Crippen LogP contribution in [0.4, 0.5) is 17.3 Å². The minimum Gasteiger partial charge on any atom is -0.393 e. The van der Waals surface area contributed by atoms with E-state index < -0.39 is 0 Å². The first-order valence-electron chi connectivity index (χ1n) is 10.6. The molecule has 2 fully saturated rings. The third kappa shape index (κ3) is 3.93. The number of aliphatic hydroxyl groups is 1. The number of hydrogen-bond donors (Lipinski definition) is 3. The summed E-state index contributed by atoms with van der Waals surface area (Å²) in [4.78, 5) is 11.7. The molecular weight excluding hydrogens is 364 g/mol. The van der Waals surface area contributed by atoms with Crippen molar-refractivity contribution in [2.24, 2.45) is 0 Å². The number of aliphatic hydroxyl groups excluding tert-OH is 1. The number of rotatable bonds is 4. The van der Waals surface area contributed by atoms with Gasteiger partial charge in [-0.3, -0.25) is 0 Å². The molecular formula is C22H28N6O. The molecule has 7 heteroatoms. The van der Waals surface area contributed by atoms with Gasteiger partial charge in [-0.25, -0.2) is 4.98 Å². The van der Waals surface area contributed by atoms with E-state index in [-0.39, 0.29) is 6.10 Å². The molecule has 0 spiro atoms. The minimum atomic E-state index is -0.208. The summed E-state index contributed by atoms with van der Waals surface area (Å²) in [6.07, 6.45) is 7.58. The van der Waals surface area contributed by atoms with E-state index >= 15 is 0 Å². The summed E-state index contributed by atoms with van der Waals surface area (Å²) >= 11 is 0. The summed E-state index contributed by atoms with van der Waals surface area (Å²) < 4.78 is 2.21. The Hall–Kier alpha value is -2.64. The second-order valence-corrected chi connectivity index (χ2v) is 8.08. The van der Waals surface area contributed by atoms with Gasteiger partial charge in [-0.15, -0.1) is 0 Å². The molecule has 3 N–H and O–H groups in total. The number of aromatic nitrogens is 3. The molecule has 1 aromatic carbocycles. The van der Waals surface area contributed by atoms with Gasteiger partial charge in [0.1, 0.15) is 5.65 Å². The van der Waals surface area contributed by atoms with Crippen molar-refractivity contribution in [3.63, 3.8) is 0 Å². The predicted octanol–water partition coefficient (Wildman–Crippen LogP) is 3.06. The zero-order chi connectivity index (χ0) is 19.6. The highest BCUT2D eigenvalue weighted by molar-refractivity contribution is 5.77. The van der Waals surface area contributed by atoms with Crippen LogP contribution in [0.2, 0.25) is 0 Å². The van der Waals surface area contributed by atoms with E-state index in [9.17, 15) is 5.11 Å². The Labute approximate surface area is 170 Å². The summed E-state index contributed by atoms with van der Waals surface area (Å²) in [5.74, 6) is 0.601. The molecule has 152 valence electrons. The smallest absolute Gasteiger partial charge is 0.229 e. The Morgan fingerprint density at radius 1 is 1.07 bits per heavy atom. The van der Waals surface area contributed by atoms with Crippen LogP contribution in [0, 0.1) is 0 Å². The average Bonchev–Trinajstić information content (AvgIpc) is 3.18. The van der Waals surface area contributed by atoms with Gasteiger partial charge in [-0.1, -0.05) is 0 Å². The summed E-state index contributed by atoms with van der Waals surface area (Å²) in [6, 6.07) is 10.8. The number of anilines is 3. The average molecular weight is 393 g/mol. The number of piperazine rings is 1. The van der Waals surface area contributed by atoms with Crippen LogP contribution < -0.4 is 15.5 Å². The highest BCUT2D eigenvalue weighted by Gasteiger charge is 2.23. The lowest BCUT2D eigenvalue weighted by molar-refractivity contribution is 0.105. The maximum atomic E-state index is 10.1. The van der Waals surface area contributed by atoms with Crippen molar-refractivity contribution in [2.45, 2.75) is 37.8 Å². The van der Waals surface area contributed by atoms with Crippen LogP contribution in [-0.2, 0) is 0 Å². The topological polar surface area (TPSA) is 78.2 Å². The summed E-state index contributed by atoms with van der Waals surface area (Å²) in [5, 5.41) is 17.8. The van der Waals surface area contributed by atoms with E-state index in [0.29, 0.717) is 12.0 Å².